The Morgan fingerprint density at radius 1 is 1.19 bits per heavy atom. The number of aryl methyl sites for hydroxylation is 1. The molecule has 140 valence electrons. The van der Waals surface area contributed by atoms with E-state index < -0.39 is 16.1 Å². The predicted octanol–water partition coefficient (Wildman–Crippen LogP) is 3.68. The highest BCUT2D eigenvalue weighted by Crippen LogP contribution is 2.29. The van der Waals surface area contributed by atoms with Gasteiger partial charge in [-0.05, 0) is 56.0 Å². The predicted molar refractivity (Wildman–Crippen MR) is 107 cm³/mol. The molecule has 1 aromatic carbocycles. The molecule has 2 heterocycles. The van der Waals surface area contributed by atoms with Crippen LogP contribution in [0.1, 0.15) is 29.7 Å². The van der Waals surface area contributed by atoms with Crippen molar-refractivity contribution >= 4 is 43.2 Å². The maximum atomic E-state index is 13.3. The number of rotatable bonds is 5. The number of benzene rings is 1. The van der Waals surface area contributed by atoms with Gasteiger partial charge in [0.05, 0.1) is 0 Å². The summed E-state index contributed by atoms with van der Waals surface area (Å²) in [7, 11) is -3.76. The summed E-state index contributed by atoms with van der Waals surface area (Å²) in [5, 5.41) is 2.85. The van der Waals surface area contributed by atoms with E-state index in [0.29, 0.717) is 13.0 Å². The molecule has 1 amide bonds. The van der Waals surface area contributed by atoms with Crippen LogP contribution in [0.2, 0.25) is 0 Å². The van der Waals surface area contributed by atoms with Gasteiger partial charge in [-0.1, -0.05) is 28.1 Å². The van der Waals surface area contributed by atoms with Gasteiger partial charge >= 0.3 is 0 Å². The SMILES string of the molecule is Cc1ccc(S(=O)(=O)N(Cc2ccc(Br)cc2)[C@@H]2CCCCNC2=O)s1. The molecule has 0 aliphatic carbocycles. The van der Waals surface area contributed by atoms with Crippen LogP contribution in [0.5, 0.6) is 0 Å². The maximum absolute atomic E-state index is 13.3. The Kier molecular flexibility index (Phi) is 6.17. The van der Waals surface area contributed by atoms with Crippen molar-refractivity contribution in [2.24, 2.45) is 0 Å². The summed E-state index contributed by atoms with van der Waals surface area (Å²) >= 11 is 4.63. The number of carbonyl (C=O) groups is 1. The number of carbonyl (C=O) groups excluding carboxylic acids is 1. The molecule has 1 atom stereocenters. The Balaban J connectivity index is 2.00. The molecule has 1 aliphatic rings. The molecule has 1 fully saturated rings. The third-order valence-electron chi connectivity index (χ3n) is 4.38. The van der Waals surface area contributed by atoms with Crippen LogP contribution in [-0.4, -0.2) is 31.2 Å². The molecule has 0 radical (unpaired) electrons. The lowest BCUT2D eigenvalue weighted by atomic mass is 10.1. The van der Waals surface area contributed by atoms with Gasteiger partial charge in [-0.2, -0.15) is 4.31 Å². The lowest BCUT2D eigenvalue weighted by molar-refractivity contribution is -0.124. The van der Waals surface area contributed by atoms with Crippen LogP contribution in [0, 0.1) is 6.92 Å². The molecular weight excluding hydrogens is 436 g/mol. The third kappa shape index (κ3) is 4.36. The lowest BCUT2D eigenvalue weighted by Gasteiger charge is -2.28. The first-order chi connectivity index (χ1) is 12.4. The second kappa shape index (κ2) is 8.21. The van der Waals surface area contributed by atoms with Crippen LogP contribution in [-0.2, 0) is 21.4 Å². The van der Waals surface area contributed by atoms with Crippen LogP contribution in [0.25, 0.3) is 0 Å². The molecule has 8 heteroatoms. The van der Waals surface area contributed by atoms with Crippen LogP contribution in [0.4, 0.5) is 0 Å². The minimum absolute atomic E-state index is 0.171. The summed E-state index contributed by atoms with van der Waals surface area (Å²) in [6.07, 6.45) is 2.22. The minimum Gasteiger partial charge on any atom is -0.355 e. The molecule has 3 rings (SSSR count). The summed E-state index contributed by atoms with van der Waals surface area (Å²) in [6.45, 7) is 2.64. The van der Waals surface area contributed by atoms with Gasteiger partial charge in [0.1, 0.15) is 10.3 Å². The van der Waals surface area contributed by atoms with E-state index in [1.54, 1.807) is 12.1 Å². The van der Waals surface area contributed by atoms with Crippen molar-refractivity contribution in [1.29, 1.82) is 0 Å². The smallest absolute Gasteiger partial charge is 0.253 e. The van der Waals surface area contributed by atoms with Crippen LogP contribution in [0.15, 0.2) is 45.1 Å². The summed E-state index contributed by atoms with van der Waals surface area (Å²) in [6, 6.07) is 10.2. The molecule has 1 saturated heterocycles. The van der Waals surface area contributed by atoms with Crippen molar-refractivity contribution in [3.05, 3.63) is 51.3 Å². The first kappa shape index (κ1) is 19.5. The van der Waals surface area contributed by atoms with E-state index in [-0.39, 0.29) is 16.7 Å². The number of hydrogen-bond acceptors (Lipinski definition) is 4. The van der Waals surface area contributed by atoms with E-state index in [4.69, 9.17) is 0 Å². The number of thiophene rings is 1. The fourth-order valence-corrected chi connectivity index (χ4v) is 6.28. The van der Waals surface area contributed by atoms with Gasteiger partial charge < -0.3 is 5.32 Å². The van der Waals surface area contributed by atoms with Crippen molar-refractivity contribution in [3.8, 4) is 0 Å². The van der Waals surface area contributed by atoms with E-state index in [9.17, 15) is 13.2 Å². The van der Waals surface area contributed by atoms with Crippen molar-refractivity contribution in [3.63, 3.8) is 0 Å². The number of halogens is 1. The molecule has 0 saturated carbocycles. The summed E-state index contributed by atoms with van der Waals surface area (Å²) < 4.78 is 29.2. The monoisotopic (exact) mass is 456 g/mol. The van der Waals surface area contributed by atoms with Gasteiger partial charge in [0.15, 0.2) is 0 Å². The molecule has 26 heavy (non-hydrogen) atoms. The number of nitrogens with zero attached hydrogens (tertiary/aromatic N) is 1. The zero-order valence-electron chi connectivity index (χ0n) is 14.4. The Hall–Kier alpha value is -1.22. The number of hydrogen-bond donors (Lipinski definition) is 1. The summed E-state index contributed by atoms with van der Waals surface area (Å²) in [4.78, 5) is 13.5. The van der Waals surface area contributed by atoms with Gasteiger partial charge in [0.2, 0.25) is 5.91 Å². The van der Waals surface area contributed by atoms with Gasteiger partial charge in [-0.25, -0.2) is 8.42 Å². The van der Waals surface area contributed by atoms with Gasteiger partial charge in [-0.3, -0.25) is 4.79 Å². The Morgan fingerprint density at radius 2 is 1.92 bits per heavy atom. The lowest BCUT2D eigenvalue weighted by Crippen LogP contribution is -2.48. The van der Waals surface area contributed by atoms with Crippen molar-refractivity contribution in [1.82, 2.24) is 9.62 Å². The summed E-state index contributed by atoms with van der Waals surface area (Å²) in [5.41, 5.74) is 0.849. The molecule has 0 unspecified atom stereocenters. The van der Waals surface area contributed by atoms with Crippen molar-refractivity contribution < 1.29 is 13.2 Å². The van der Waals surface area contributed by atoms with Crippen molar-refractivity contribution in [2.45, 2.75) is 43.0 Å². The summed E-state index contributed by atoms with van der Waals surface area (Å²) in [5.74, 6) is -0.212. The van der Waals surface area contributed by atoms with Crippen molar-refractivity contribution in [2.75, 3.05) is 6.54 Å². The number of nitrogens with one attached hydrogen (secondary N) is 1. The second-order valence-electron chi connectivity index (χ2n) is 6.34. The Labute approximate surface area is 166 Å². The highest BCUT2D eigenvalue weighted by Gasteiger charge is 2.37. The first-order valence-electron chi connectivity index (χ1n) is 8.48. The number of sulfonamides is 1. The standard InChI is InChI=1S/C18H21BrN2O3S2/c1-13-5-10-17(25-13)26(23,24)21(12-14-6-8-15(19)9-7-14)16-4-2-3-11-20-18(16)22/h5-10,16H,2-4,11-12H2,1H3,(H,20,22)/t16-/m1/s1. The van der Waals surface area contributed by atoms with Gasteiger partial charge in [-0.15, -0.1) is 11.3 Å². The normalized spacial score (nSPS) is 18.6. The molecular formula is C18H21BrN2O3S2. The fourth-order valence-electron chi connectivity index (χ4n) is 3.00. The zero-order chi connectivity index (χ0) is 18.7. The Bertz CT molecular complexity index is 878. The van der Waals surface area contributed by atoms with E-state index in [1.807, 2.05) is 31.2 Å². The van der Waals surface area contributed by atoms with E-state index in [1.165, 1.54) is 15.6 Å². The highest BCUT2D eigenvalue weighted by molar-refractivity contribution is 9.10. The molecule has 1 aromatic heterocycles. The van der Waals surface area contributed by atoms with E-state index in [0.717, 1.165) is 27.8 Å². The Morgan fingerprint density at radius 3 is 2.58 bits per heavy atom. The largest absolute Gasteiger partial charge is 0.355 e. The first-order valence-corrected chi connectivity index (χ1v) is 11.5. The fraction of sp³-hybridized carbons (Fsp3) is 0.389. The van der Waals surface area contributed by atoms with Crippen LogP contribution in [0.3, 0.4) is 0 Å². The molecule has 2 aromatic rings. The molecule has 1 N–H and O–H groups in total. The molecule has 0 bridgehead atoms. The molecule has 5 nitrogen and oxygen atoms in total. The van der Waals surface area contributed by atoms with Gasteiger partial charge in [0.25, 0.3) is 10.0 Å². The molecule has 0 spiro atoms. The number of amides is 1. The maximum Gasteiger partial charge on any atom is 0.253 e. The quantitative estimate of drug-likeness (QED) is 0.745. The minimum atomic E-state index is -3.76. The highest BCUT2D eigenvalue weighted by atomic mass is 79.9. The topological polar surface area (TPSA) is 66.5 Å². The van der Waals surface area contributed by atoms with E-state index >= 15 is 0 Å². The zero-order valence-corrected chi connectivity index (χ0v) is 17.7. The van der Waals surface area contributed by atoms with Crippen LogP contribution >= 0.6 is 27.3 Å². The van der Waals surface area contributed by atoms with E-state index in [2.05, 4.69) is 21.2 Å². The second-order valence-corrected chi connectivity index (χ2v) is 10.7. The van der Waals surface area contributed by atoms with Gasteiger partial charge in [0, 0.05) is 22.4 Å². The third-order valence-corrected chi connectivity index (χ3v) is 8.24. The molecule has 1 aliphatic heterocycles. The average molecular weight is 457 g/mol. The van der Waals surface area contributed by atoms with Crippen LogP contribution < -0.4 is 5.32 Å². The average Bonchev–Trinajstić information content (AvgIpc) is 2.94.